The SMILES string of the molecule is CO/N=C(\C(=O)N[C@@H]1C(=O)N2C(C(=O)[O-])=C(C[N+]34CCC(C(N)=O)(CC3)CC4)CS[C@H]12)c1csc(N)n1. The number of primary amides is 1. The van der Waals surface area contributed by atoms with Crippen LogP contribution in [0.1, 0.15) is 25.0 Å². The third-order valence-corrected chi connectivity index (χ3v) is 9.95. The van der Waals surface area contributed by atoms with Crippen molar-refractivity contribution < 1.29 is 33.6 Å². The lowest BCUT2D eigenvalue weighted by molar-refractivity contribution is -0.940. The fourth-order valence-corrected chi connectivity index (χ4v) is 7.65. The zero-order chi connectivity index (χ0) is 26.5. The average Bonchev–Trinajstić information content (AvgIpc) is 3.31. The maximum atomic E-state index is 13.1. The first-order valence-corrected chi connectivity index (χ1v) is 13.7. The standard InChI is InChI=1S/C22H27N7O6S2/c1-35-27-13(12-10-37-21(24)25-12)16(30)26-14-17(31)28-15(19(32)33)11(9-36-18(14)28)8-29-5-2-22(3-6-29,4-7-29)20(23)34/h10,14,18H,2-9H2,1H3,(H5-,23,24,25,26,30,32,33,34)/b27-13-/t14-,18-,22?,29?/m1/s1. The van der Waals surface area contributed by atoms with Crippen LogP contribution in [-0.2, 0) is 24.0 Å². The minimum Gasteiger partial charge on any atom is -0.543 e. The van der Waals surface area contributed by atoms with Crippen LogP contribution < -0.4 is 21.9 Å². The number of amides is 3. The molecule has 0 unspecified atom stereocenters. The Morgan fingerprint density at radius 2 is 2.00 bits per heavy atom. The van der Waals surface area contributed by atoms with Gasteiger partial charge in [-0.05, 0) is 0 Å². The predicted octanol–water partition coefficient (Wildman–Crippen LogP) is -2.03. The molecule has 0 radical (unpaired) electrons. The number of thioether (sulfide) groups is 1. The van der Waals surface area contributed by atoms with Gasteiger partial charge in [-0.1, -0.05) is 5.16 Å². The lowest BCUT2D eigenvalue weighted by Crippen LogP contribution is -2.72. The van der Waals surface area contributed by atoms with Crippen molar-refractivity contribution in [2.75, 3.05) is 44.8 Å². The van der Waals surface area contributed by atoms with E-state index in [2.05, 4.69) is 15.5 Å². The number of carbonyl (C=O) groups excluding carboxylic acids is 4. The van der Waals surface area contributed by atoms with E-state index in [1.807, 2.05) is 0 Å². The van der Waals surface area contributed by atoms with E-state index in [9.17, 15) is 24.3 Å². The van der Waals surface area contributed by atoms with Crippen LogP contribution in [0, 0.1) is 5.41 Å². The molecule has 4 saturated heterocycles. The van der Waals surface area contributed by atoms with Crippen molar-refractivity contribution in [1.29, 1.82) is 0 Å². The topological polar surface area (TPSA) is 193 Å². The molecule has 0 saturated carbocycles. The summed E-state index contributed by atoms with van der Waals surface area (Å²) in [6.45, 7) is 2.66. The number of carbonyl (C=O) groups is 4. The number of aromatic nitrogens is 1. The lowest BCUT2D eigenvalue weighted by atomic mass is 9.70. The Bertz CT molecular complexity index is 1220. The number of quaternary nitrogens is 1. The summed E-state index contributed by atoms with van der Waals surface area (Å²) in [5.74, 6) is -2.52. The predicted molar refractivity (Wildman–Crippen MR) is 132 cm³/mol. The second-order valence-electron chi connectivity index (χ2n) is 9.86. The Morgan fingerprint density at radius 1 is 1.32 bits per heavy atom. The summed E-state index contributed by atoms with van der Waals surface area (Å²) in [7, 11) is 1.28. The number of rotatable bonds is 8. The van der Waals surface area contributed by atoms with Crippen molar-refractivity contribution in [3.8, 4) is 0 Å². The number of thiazole rings is 1. The first-order valence-electron chi connectivity index (χ1n) is 11.8. The van der Waals surface area contributed by atoms with Crippen LogP contribution in [0.4, 0.5) is 5.13 Å². The van der Waals surface area contributed by atoms with Crippen LogP contribution >= 0.6 is 23.1 Å². The van der Waals surface area contributed by atoms with Crippen molar-refractivity contribution in [1.82, 2.24) is 15.2 Å². The summed E-state index contributed by atoms with van der Waals surface area (Å²) >= 11 is 2.51. The Balaban J connectivity index is 1.32. The maximum Gasteiger partial charge on any atom is 0.276 e. The van der Waals surface area contributed by atoms with Crippen molar-refractivity contribution in [3.05, 3.63) is 22.3 Å². The average molecular weight is 550 g/mol. The number of hydrogen-bond donors (Lipinski definition) is 3. The third-order valence-electron chi connectivity index (χ3n) is 7.93. The molecule has 1 aromatic rings. The fraction of sp³-hybridized carbons (Fsp3) is 0.545. The molecule has 37 heavy (non-hydrogen) atoms. The van der Waals surface area contributed by atoms with Gasteiger partial charge in [0.25, 0.3) is 11.8 Å². The van der Waals surface area contributed by atoms with Crippen molar-refractivity contribution in [2.24, 2.45) is 16.3 Å². The fourth-order valence-electron chi connectivity index (χ4n) is 5.77. The molecule has 6 heterocycles. The van der Waals surface area contributed by atoms with E-state index in [1.54, 1.807) is 5.38 Å². The highest BCUT2D eigenvalue weighted by molar-refractivity contribution is 8.00. The van der Waals surface area contributed by atoms with Gasteiger partial charge in [0.05, 0.1) is 36.7 Å². The molecule has 198 valence electrons. The molecular weight excluding hydrogens is 522 g/mol. The van der Waals surface area contributed by atoms with Gasteiger partial charge in [-0.3, -0.25) is 19.3 Å². The zero-order valence-corrected chi connectivity index (χ0v) is 21.7. The second-order valence-corrected chi connectivity index (χ2v) is 11.9. The van der Waals surface area contributed by atoms with Gasteiger partial charge in [0.15, 0.2) is 10.8 Å². The molecule has 0 aromatic carbocycles. The number of aliphatic carboxylic acids is 1. The Kier molecular flexibility index (Phi) is 6.40. The summed E-state index contributed by atoms with van der Waals surface area (Å²) < 4.78 is 0.669. The number of nitrogens with zero attached hydrogens (tertiary/aromatic N) is 4. The molecule has 5 N–H and O–H groups in total. The van der Waals surface area contributed by atoms with Gasteiger partial charge in [-0.25, -0.2) is 4.98 Å². The highest BCUT2D eigenvalue weighted by Crippen LogP contribution is 2.46. The quantitative estimate of drug-likeness (QED) is 0.142. The van der Waals surface area contributed by atoms with Gasteiger partial charge < -0.3 is 36.0 Å². The number of carboxylic acid groups (broad SMARTS) is 1. The van der Waals surface area contributed by atoms with E-state index >= 15 is 0 Å². The summed E-state index contributed by atoms with van der Waals surface area (Å²) in [5, 5.41) is 19.8. The summed E-state index contributed by atoms with van der Waals surface area (Å²) in [6, 6.07) is -0.945. The number of piperidine rings is 3. The molecule has 4 fully saturated rings. The van der Waals surface area contributed by atoms with Crippen molar-refractivity contribution >= 4 is 57.6 Å². The number of hydrogen-bond acceptors (Lipinski definition) is 11. The van der Waals surface area contributed by atoms with Crippen LogP contribution in [0.2, 0.25) is 0 Å². The largest absolute Gasteiger partial charge is 0.543 e. The summed E-state index contributed by atoms with van der Waals surface area (Å²) in [5.41, 5.74) is 11.4. The zero-order valence-electron chi connectivity index (χ0n) is 20.1. The lowest BCUT2D eigenvalue weighted by Gasteiger charge is -2.55. The molecule has 13 nitrogen and oxygen atoms in total. The Hall–Kier alpha value is -3.17. The molecule has 3 amide bonds. The molecule has 6 rings (SSSR count). The third kappa shape index (κ3) is 4.24. The van der Waals surface area contributed by atoms with Gasteiger partial charge in [-0.2, -0.15) is 0 Å². The second kappa shape index (κ2) is 9.29. The number of oxime groups is 1. The molecule has 1 aromatic heterocycles. The van der Waals surface area contributed by atoms with E-state index < -0.39 is 34.6 Å². The van der Waals surface area contributed by atoms with Crippen molar-refractivity contribution in [2.45, 2.75) is 30.7 Å². The van der Waals surface area contributed by atoms with Gasteiger partial charge in [0.1, 0.15) is 30.8 Å². The highest BCUT2D eigenvalue weighted by atomic mass is 32.2. The molecule has 2 bridgehead atoms. The molecular formula is C22H27N7O6S2. The molecule has 2 atom stereocenters. The van der Waals surface area contributed by atoms with E-state index in [0.717, 1.165) is 31.0 Å². The first-order chi connectivity index (χ1) is 17.6. The number of carboxylic acids is 1. The monoisotopic (exact) mass is 549 g/mol. The van der Waals surface area contributed by atoms with Gasteiger partial charge in [-0.15, -0.1) is 23.1 Å². The summed E-state index contributed by atoms with van der Waals surface area (Å²) in [6.07, 6.45) is 2.04. The Morgan fingerprint density at radius 3 is 2.54 bits per heavy atom. The van der Waals surface area contributed by atoms with E-state index in [-0.39, 0.29) is 28.1 Å². The molecule has 5 aliphatic heterocycles. The van der Waals surface area contributed by atoms with Crippen LogP contribution in [0.3, 0.4) is 0 Å². The molecule has 0 aliphatic carbocycles. The number of fused-ring (bicyclic) bond motifs is 4. The van der Waals surface area contributed by atoms with Crippen LogP contribution in [-0.4, -0.2) is 94.2 Å². The van der Waals surface area contributed by atoms with Crippen molar-refractivity contribution in [3.63, 3.8) is 0 Å². The van der Waals surface area contributed by atoms with E-state index in [4.69, 9.17) is 16.3 Å². The maximum absolute atomic E-state index is 13.1. The number of nitrogen functional groups attached to an aromatic ring is 1. The van der Waals surface area contributed by atoms with E-state index in [1.165, 1.54) is 23.8 Å². The molecule has 5 aliphatic rings. The molecule has 0 spiro atoms. The summed E-state index contributed by atoms with van der Waals surface area (Å²) in [4.78, 5) is 60.2. The number of anilines is 1. The van der Waals surface area contributed by atoms with Crippen LogP contribution in [0.15, 0.2) is 21.8 Å². The smallest absolute Gasteiger partial charge is 0.276 e. The minimum absolute atomic E-state index is 0.123. The van der Waals surface area contributed by atoms with Crippen LogP contribution in [0.5, 0.6) is 0 Å². The highest BCUT2D eigenvalue weighted by Gasteiger charge is 2.56. The van der Waals surface area contributed by atoms with Gasteiger partial charge >= 0.3 is 0 Å². The number of nitrogens with one attached hydrogen (secondary N) is 1. The number of nitrogens with two attached hydrogens (primary N) is 2. The van der Waals surface area contributed by atoms with E-state index in [0.29, 0.717) is 41.6 Å². The number of β-lactam (4-membered cyclic amide) rings is 1. The molecule has 15 heteroatoms. The van der Waals surface area contributed by atoms with Gasteiger partial charge in [0.2, 0.25) is 5.91 Å². The normalized spacial score (nSPS) is 31.0. The Labute approximate surface area is 220 Å². The first kappa shape index (κ1) is 25.5. The minimum atomic E-state index is -1.42. The van der Waals surface area contributed by atoms with Crippen LogP contribution in [0.25, 0.3) is 0 Å². The van der Waals surface area contributed by atoms with Gasteiger partial charge in [0, 0.05) is 36.0 Å².